The van der Waals surface area contributed by atoms with Gasteiger partial charge in [-0.05, 0) is 36.2 Å². The third-order valence-electron chi connectivity index (χ3n) is 4.72. The highest BCUT2D eigenvalue weighted by atomic mass is 16.7. The molecule has 0 saturated carbocycles. The van der Waals surface area contributed by atoms with Gasteiger partial charge in [0, 0.05) is 0 Å². The molecule has 0 spiro atoms. The Morgan fingerprint density at radius 3 is 2.75 bits per heavy atom. The molecule has 28 heavy (non-hydrogen) atoms. The van der Waals surface area contributed by atoms with Gasteiger partial charge in [0.05, 0.1) is 13.7 Å². The Balaban J connectivity index is 1.77. The van der Waals surface area contributed by atoms with Crippen LogP contribution in [0, 0.1) is 5.92 Å². The Morgan fingerprint density at radius 2 is 1.96 bits per heavy atom. The van der Waals surface area contributed by atoms with Crippen LogP contribution >= 0.6 is 0 Å². The second-order valence-electron chi connectivity index (χ2n) is 6.49. The van der Waals surface area contributed by atoms with Crippen LogP contribution in [0.1, 0.15) is 35.4 Å². The van der Waals surface area contributed by atoms with Crippen molar-refractivity contribution in [1.82, 2.24) is 0 Å². The Labute approximate surface area is 162 Å². The summed E-state index contributed by atoms with van der Waals surface area (Å²) >= 11 is 0. The molecule has 146 valence electrons. The summed E-state index contributed by atoms with van der Waals surface area (Å²) in [5.41, 5.74) is 0.891. The van der Waals surface area contributed by atoms with E-state index in [0.29, 0.717) is 35.2 Å². The summed E-state index contributed by atoms with van der Waals surface area (Å²) in [6, 6.07) is 10.4. The summed E-state index contributed by atoms with van der Waals surface area (Å²) in [4.78, 5) is 25.8. The van der Waals surface area contributed by atoms with Crippen LogP contribution in [-0.2, 0) is 9.53 Å². The predicted octanol–water partition coefficient (Wildman–Crippen LogP) is 3.31. The lowest BCUT2D eigenvalue weighted by Gasteiger charge is -2.32. The van der Waals surface area contributed by atoms with Crippen molar-refractivity contribution in [1.29, 1.82) is 0 Å². The van der Waals surface area contributed by atoms with E-state index in [0.717, 1.165) is 6.42 Å². The summed E-state index contributed by atoms with van der Waals surface area (Å²) in [5.74, 6) is -0.265. The zero-order valence-electron chi connectivity index (χ0n) is 15.6. The topological polar surface area (TPSA) is 80.3 Å². The van der Waals surface area contributed by atoms with Crippen molar-refractivity contribution in [2.75, 3.05) is 20.5 Å². The first-order chi connectivity index (χ1) is 13.6. The number of ether oxygens (including phenoxy) is 5. The predicted molar refractivity (Wildman–Crippen MR) is 98.0 cm³/mol. The SMILES string of the molecule is CCCOc1cccc2c1C(=O)[C@H](C(=O)OC)[C@@H](c1ccc3c(c1)OCO3)O2. The molecular weight excluding hydrogens is 364 g/mol. The monoisotopic (exact) mass is 384 g/mol. The maximum atomic E-state index is 13.3. The average molecular weight is 384 g/mol. The number of Topliss-reactive ketones (excluding diaryl/α,β-unsaturated/α-hetero) is 1. The van der Waals surface area contributed by atoms with Crippen molar-refractivity contribution < 1.29 is 33.3 Å². The molecule has 0 bridgehead atoms. The molecular formula is C21H20O7. The van der Waals surface area contributed by atoms with Gasteiger partial charge in [-0.25, -0.2) is 0 Å². The van der Waals surface area contributed by atoms with E-state index in [9.17, 15) is 9.59 Å². The Hall–Kier alpha value is -3.22. The van der Waals surface area contributed by atoms with Gasteiger partial charge in [0.15, 0.2) is 23.2 Å². The van der Waals surface area contributed by atoms with Gasteiger partial charge in [-0.1, -0.05) is 19.1 Å². The van der Waals surface area contributed by atoms with Crippen LogP contribution in [0.5, 0.6) is 23.0 Å². The van der Waals surface area contributed by atoms with Gasteiger partial charge in [0.2, 0.25) is 6.79 Å². The minimum atomic E-state index is -1.15. The summed E-state index contributed by atoms with van der Waals surface area (Å²) in [6.45, 7) is 2.56. The highest BCUT2D eigenvalue weighted by Gasteiger charge is 2.45. The van der Waals surface area contributed by atoms with Gasteiger partial charge in [-0.15, -0.1) is 0 Å². The van der Waals surface area contributed by atoms with Gasteiger partial charge in [-0.2, -0.15) is 0 Å². The summed E-state index contributed by atoms with van der Waals surface area (Å²) in [7, 11) is 1.25. The van der Waals surface area contributed by atoms with Gasteiger partial charge >= 0.3 is 5.97 Å². The first-order valence-corrected chi connectivity index (χ1v) is 9.08. The molecule has 0 fully saturated rings. The Morgan fingerprint density at radius 1 is 1.14 bits per heavy atom. The normalized spacial score (nSPS) is 19.6. The van der Waals surface area contributed by atoms with E-state index in [4.69, 9.17) is 23.7 Å². The molecule has 2 atom stereocenters. The molecule has 0 aromatic heterocycles. The lowest BCUT2D eigenvalue weighted by Crippen LogP contribution is -2.38. The molecule has 7 heteroatoms. The molecule has 0 unspecified atom stereocenters. The quantitative estimate of drug-likeness (QED) is 0.578. The van der Waals surface area contributed by atoms with Crippen LogP contribution in [0.4, 0.5) is 0 Å². The van der Waals surface area contributed by atoms with Crippen molar-refractivity contribution >= 4 is 11.8 Å². The number of fused-ring (bicyclic) bond motifs is 2. The maximum Gasteiger partial charge on any atom is 0.320 e. The molecule has 0 amide bonds. The molecule has 2 aliphatic heterocycles. The number of benzene rings is 2. The van der Waals surface area contributed by atoms with E-state index in [1.54, 1.807) is 36.4 Å². The first-order valence-electron chi connectivity index (χ1n) is 9.08. The molecule has 0 radical (unpaired) electrons. The average Bonchev–Trinajstić information content (AvgIpc) is 3.19. The third-order valence-corrected chi connectivity index (χ3v) is 4.72. The van der Waals surface area contributed by atoms with E-state index in [2.05, 4.69) is 0 Å². The lowest BCUT2D eigenvalue weighted by molar-refractivity contribution is -0.146. The number of hydrogen-bond acceptors (Lipinski definition) is 7. The van der Waals surface area contributed by atoms with E-state index in [1.165, 1.54) is 7.11 Å². The molecule has 0 aliphatic carbocycles. The van der Waals surface area contributed by atoms with Crippen LogP contribution in [-0.4, -0.2) is 32.3 Å². The van der Waals surface area contributed by atoms with E-state index in [1.807, 2.05) is 6.92 Å². The molecule has 2 aromatic carbocycles. The van der Waals surface area contributed by atoms with Crippen LogP contribution in [0.25, 0.3) is 0 Å². The fraction of sp³-hybridized carbons (Fsp3) is 0.333. The fourth-order valence-corrected chi connectivity index (χ4v) is 3.39. The second kappa shape index (κ2) is 7.42. The van der Waals surface area contributed by atoms with Gasteiger partial charge < -0.3 is 23.7 Å². The Kier molecular flexibility index (Phi) is 4.81. The van der Waals surface area contributed by atoms with Crippen molar-refractivity contribution in [3.63, 3.8) is 0 Å². The molecule has 0 saturated heterocycles. The molecule has 0 N–H and O–H groups in total. The minimum absolute atomic E-state index is 0.130. The van der Waals surface area contributed by atoms with Gasteiger partial charge in [0.25, 0.3) is 0 Å². The molecule has 2 aliphatic rings. The second-order valence-corrected chi connectivity index (χ2v) is 6.49. The maximum absolute atomic E-state index is 13.3. The van der Waals surface area contributed by atoms with E-state index >= 15 is 0 Å². The van der Waals surface area contributed by atoms with Crippen LogP contribution in [0.15, 0.2) is 36.4 Å². The van der Waals surface area contributed by atoms with Crippen molar-refractivity contribution in [3.05, 3.63) is 47.5 Å². The molecule has 4 rings (SSSR count). The van der Waals surface area contributed by atoms with Crippen molar-refractivity contribution in [2.24, 2.45) is 5.92 Å². The number of carbonyl (C=O) groups is 2. The highest BCUT2D eigenvalue weighted by molar-refractivity contribution is 6.13. The number of hydrogen-bond donors (Lipinski definition) is 0. The lowest BCUT2D eigenvalue weighted by atomic mass is 9.85. The number of rotatable bonds is 5. The standard InChI is InChI=1S/C21H20O7/c1-3-9-25-14-5-4-6-15-17(14)19(22)18(21(23)24-2)20(28-15)12-7-8-13-16(10-12)27-11-26-13/h4-8,10,18,20H,3,9,11H2,1-2H3/t18-,20+/m0/s1. The fourth-order valence-electron chi connectivity index (χ4n) is 3.39. The number of carbonyl (C=O) groups excluding carboxylic acids is 2. The van der Waals surface area contributed by atoms with Crippen LogP contribution in [0.2, 0.25) is 0 Å². The van der Waals surface area contributed by atoms with Gasteiger partial charge in [-0.3, -0.25) is 9.59 Å². The van der Waals surface area contributed by atoms with Crippen LogP contribution in [0.3, 0.4) is 0 Å². The summed E-state index contributed by atoms with van der Waals surface area (Å²) < 4.78 is 27.4. The number of esters is 1. The zero-order chi connectivity index (χ0) is 19.7. The largest absolute Gasteiger partial charge is 0.493 e. The summed E-state index contributed by atoms with van der Waals surface area (Å²) in [6.07, 6.45) is -0.0535. The summed E-state index contributed by atoms with van der Waals surface area (Å²) in [5, 5.41) is 0. The number of methoxy groups -OCH3 is 1. The molecule has 2 heterocycles. The van der Waals surface area contributed by atoms with E-state index in [-0.39, 0.29) is 18.1 Å². The molecule has 7 nitrogen and oxygen atoms in total. The van der Waals surface area contributed by atoms with E-state index < -0.39 is 18.0 Å². The minimum Gasteiger partial charge on any atom is -0.493 e. The number of ketones is 1. The van der Waals surface area contributed by atoms with Crippen molar-refractivity contribution in [3.8, 4) is 23.0 Å². The highest BCUT2D eigenvalue weighted by Crippen LogP contribution is 2.45. The van der Waals surface area contributed by atoms with Crippen LogP contribution < -0.4 is 18.9 Å². The smallest absolute Gasteiger partial charge is 0.320 e. The third kappa shape index (κ3) is 3.02. The van der Waals surface area contributed by atoms with Crippen molar-refractivity contribution in [2.45, 2.75) is 19.4 Å². The zero-order valence-corrected chi connectivity index (χ0v) is 15.6. The Bertz CT molecular complexity index is 921. The molecule has 2 aromatic rings. The first kappa shape index (κ1) is 18.2. The van der Waals surface area contributed by atoms with Gasteiger partial charge in [0.1, 0.15) is 23.2 Å².